The lowest BCUT2D eigenvalue weighted by molar-refractivity contribution is -0.125. The minimum Gasteiger partial charge on any atom is -0.508 e. The Morgan fingerprint density at radius 1 is 1.20 bits per heavy atom. The number of hydrogen-bond acceptors (Lipinski definition) is 3. The molecule has 4 nitrogen and oxygen atoms in total. The first-order chi connectivity index (χ1) is 9.66. The predicted molar refractivity (Wildman–Crippen MR) is 80.2 cm³/mol. The quantitative estimate of drug-likeness (QED) is 0.587. The van der Waals surface area contributed by atoms with Crippen LogP contribution in [-0.2, 0) is 11.3 Å². The minimum absolute atomic E-state index is 0.105. The summed E-state index contributed by atoms with van der Waals surface area (Å²) in [6.07, 6.45) is 8.01. The number of nitrogens with one attached hydrogen (secondary N) is 1. The van der Waals surface area contributed by atoms with Crippen LogP contribution in [0.4, 0.5) is 5.69 Å². The molecule has 0 heterocycles. The van der Waals surface area contributed by atoms with E-state index in [1.165, 1.54) is 19.3 Å². The van der Waals surface area contributed by atoms with Crippen LogP contribution >= 0.6 is 0 Å². The van der Waals surface area contributed by atoms with Crippen LogP contribution in [0.15, 0.2) is 18.2 Å². The molecule has 0 saturated heterocycles. The minimum atomic E-state index is 0.105. The molecule has 2 rings (SSSR count). The van der Waals surface area contributed by atoms with Gasteiger partial charge >= 0.3 is 0 Å². The molecule has 20 heavy (non-hydrogen) atoms. The van der Waals surface area contributed by atoms with Gasteiger partial charge in [-0.2, -0.15) is 0 Å². The smallest absolute Gasteiger partial charge is 0.223 e. The number of amides is 1. The summed E-state index contributed by atoms with van der Waals surface area (Å²) < 4.78 is 0. The number of carbonyl (C=O) groups excluding carboxylic acids is 1. The van der Waals surface area contributed by atoms with E-state index in [0.717, 1.165) is 25.7 Å². The fourth-order valence-corrected chi connectivity index (χ4v) is 2.79. The second-order valence-electron chi connectivity index (χ2n) is 5.65. The Kier molecular flexibility index (Phi) is 5.27. The fourth-order valence-electron chi connectivity index (χ4n) is 2.79. The van der Waals surface area contributed by atoms with E-state index >= 15 is 0 Å². The van der Waals surface area contributed by atoms with Gasteiger partial charge in [-0.1, -0.05) is 32.1 Å². The molecule has 4 N–H and O–H groups in total. The normalized spacial score (nSPS) is 17.2. The second kappa shape index (κ2) is 7.17. The molecule has 0 unspecified atom stereocenters. The predicted octanol–water partition coefficient (Wildman–Crippen LogP) is 2.95. The van der Waals surface area contributed by atoms with E-state index in [1.54, 1.807) is 18.2 Å². The maximum Gasteiger partial charge on any atom is 0.223 e. The van der Waals surface area contributed by atoms with E-state index in [0.29, 0.717) is 17.8 Å². The number of hydrogen-bond donors (Lipinski definition) is 3. The summed E-state index contributed by atoms with van der Waals surface area (Å²) in [7, 11) is 0. The molecule has 1 aromatic carbocycles. The molecule has 0 atom stereocenters. The highest BCUT2D eigenvalue weighted by atomic mass is 16.3. The molecule has 1 aromatic rings. The van der Waals surface area contributed by atoms with Gasteiger partial charge in [0.2, 0.25) is 5.91 Å². The van der Waals surface area contributed by atoms with Crippen molar-refractivity contribution in [1.29, 1.82) is 0 Å². The van der Waals surface area contributed by atoms with Gasteiger partial charge in [-0.15, -0.1) is 0 Å². The van der Waals surface area contributed by atoms with Gasteiger partial charge < -0.3 is 16.2 Å². The molecule has 4 heteroatoms. The molecule has 0 spiro atoms. The number of nitrogens with two attached hydrogens (primary N) is 1. The van der Waals surface area contributed by atoms with E-state index in [2.05, 4.69) is 5.32 Å². The largest absolute Gasteiger partial charge is 0.508 e. The van der Waals surface area contributed by atoms with E-state index in [4.69, 9.17) is 5.73 Å². The maximum atomic E-state index is 12.2. The summed E-state index contributed by atoms with van der Waals surface area (Å²) in [4.78, 5) is 12.2. The van der Waals surface area contributed by atoms with Gasteiger partial charge in [-0.3, -0.25) is 4.79 Å². The van der Waals surface area contributed by atoms with Crippen LogP contribution in [0.25, 0.3) is 0 Å². The van der Waals surface area contributed by atoms with Gasteiger partial charge in [0.1, 0.15) is 5.75 Å². The summed E-state index contributed by atoms with van der Waals surface area (Å²) >= 11 is 0. The van der Waals surface area contributed by atoms with Gasteiger partial charge in [-0.25, -0.2) is 0 Å². The van der Waals surface area contributed by atoms with Gasteiger partial charge in [0.25, 0.3) is 0 Å². The highest BCUT2D eigenvalue weighted by Crippen LogP contribution is 2.23. The SMILES string of the molecule is Nc1ccc(O)c(CNC(=O)C2CCCCCCC2)c1. The summed E-state index contributed by atoms with van der Waals surface area (Å²) in [6, 6.07) is 4.91. The van der Waals surface area contributed by atoms with Crippen LogP contribution < -0.4 is 11.1 Å². The lowest BCUT2D eigenvalue weighted by Crippen LogP contribution is -2.30. The van der Waals surface area contributed by atoms with Gasteiger partial charge in [0.15, 0.2) is 0 Å². The molecule has 0 radical (unpaired) electrons. The first-order valence-electron chi connectivity index (χ1n) is 7.52. The standard InChI is InChI=1S/C16H24N2O2/c17-14-8-9-15(19)13(10-14)11-18-16(20)12-6-4-2-1-3-5-7-12/h8-10,12,19H,1-7,11,17H2,(H,18,20). The van der Waals surface area contributed by atoms with E-state index < -0.39 is 0 Å². The van der Waals surface area contributed by atoms with Crippen LogP contribution in [0, 0.1) is 5.92 Å². The number of benzene rings is 1. The van der Waals surface area contributed by atoms with E-state index in [1.807, 2.05) is 0 Å². The van der Waals surface area contributed by atoms with Crippen molar-refractivity contribution in [2.24, 2.45) is 5.92 Å². The number of nitrogen functional groups attached to an aromatic ring is 1. The zero-order valence-electron chi connectivity index (χ0n) is 11.9. The molecule has 1 fully saturated rings. The van der Waals surface area contributed by atoms with Crippen LogP contribution in [-0.4, -0.2) is 11.0 Å². The summed E-state index contributed by atoms with van der Waals surface area (Å²) in [5, 5.41) is 12.7. The Labute approximate surface area is 120 Å². The van der Waals surface area contributed by atoms with Crippen molar-refractivity contribution in [3.8, 4) is 5.75 Å². The summed E-state index contributed by atoms with van der Waals surface area (Å²) in [5.41, 5.74) is 6.96. The molecule has 1 amide bonds. The van der Waals surface area contributed by atoms with Crippen molar-refractivity contribution in [1.82, 2.24) is 5.32 Å². The third-order valence-electron chi connectivity index (χ3n) is 4.03. The maximum absolute atomic E-state index is 12.2. The first-order valence-corrected chi connectivity index (χ1v) is 7.52. The van der Waals surface area contributed by atoms with Crippen molar-refractivity contribution in [2.75, 3.05) is 5.73 Å². The molecule has 1 aliphatic carbocycles. The number of aromatic hydroxyl groups is 1. The first kappa shape index (κ1) is 14.7. The Morgan fingerprint density at radius 2 is 1.85 bits per heavy atom. The monoisotopic (exact) mass is 276 g/mol. The van der Waals surface area contributed by atoms with Crippen molar-refractivity contribution < 1.29 is 9.90 Å². The lowest BCUT2D eigenvalue weighted by Gasteiger charge is -2.19. The number of phenolic OH excluding ortho intramolecular Hbond substituents is 1. The average molecular weight is 276 g/mol. The number of rotatable bonds is 3. The van der Waals surface area contributed by atoms with Gasteiger partial charge in [0, 0.05) is 23.7 Å². The van der Waals surface area contributed by atoms with Crippen molar-refractivity contribution in [3.05, 3.63) is 23.8 Å². The van der Waals surface area contributed by atoms with Gasteiger partial charge in [0.05, 0.1) is 0 Å². The average Bonchev–Trinajstić information content (AvgIpc) is 2.39. The van der Waals surface area contributed by atoms with Crippen molar-refractivity contribution >= 4 is 11.6 Å². The molecule has 110 valence electrons. The molecule has 0 aromatic heterocycles. The van der Waals surface area contributed by atoms with Crippen molar-refractivity contribution in [3.63, 3.8) is 0 Å². The van der Waals surface area contributed by atoms with Crippen LogP contribution in [0.1, 0.15) is 50.5 Å². The second-order valence-corrected chi connectivity index (χ2v) is 5.65. The van der Waals surface area contributed by atoms with E-state index in [9.17, 15) is 9.90 Å². The summed E-state index contributed by atoms with van der Waals surface area (Å²) in [6.45, 7) is 0.339. The fraction of sp³-hybridized carbons (Fsp3) is 0.562. The van der Waals surface area contributed by atoms with Crippen LogP contribution in [0.5, 0.6) is 5.75 Å². The highest BCUT2D eigenvalue weighted by Gasteiger charge is 2.19. The van der Waals surface area contributed by atoms with Crippen molar-refractivity contribution in [2.45, 2.75) is 51.5 Å². The number of phenols is 1. The third kappa shape index (κ3) is 4.15. The molecule has 1 aliphatic rings. The van der Waals surface area contributed by atoms with Gasteiger partial charge in [-0.05, 0) is 31.0 Å². The zero-order valence-corrected chi connectivity index (χ0v) is 11.9. The highest BCUT2D eigenvalue weighted by molar-refractivity contribution is 5.78. The molecular weight excluding hydrogens is 252 g/mol. The molecule has 0 aliphatic heterocycles. The Bertz CT molecular complexity index is 452. The number of anilines is 1. The molecular formula is C16H24N2O2. The lowest BCUT2D eigenvalue weighted by atomic mass is 9.90. The third-order valence-corrected chi connectivity index (χ3v) is 4.03. The Balaban J connectivity index is 1.88. The molecule has 1 saturated carbocycles. The topological polar surface area (TPSA) is 75.3 Å². The number of carbonyl (C=O) groups is 1. The van der Waals surface area contributed by atoms with E-state index in [-0.39, 0.29) is 17.6 Å². The van der Waals surface area contributed by atoms with Crippen LogP contribution in [0.2, 0.25) is 0 Å². The Hall–Kier alpha value is -1.71. The Morgan fingerprint density at radius 3 is 2.55 bits per heavy atom. The van der Waals surface area contributed by atoms with Crippen LogP contribution in [0.3, 0.4) is 0 Å². The summed E-state index contributed by atoms with van der Waals surface area (Å²) in [5.74, 6) is 0.407. The zero-order chi connectivity index (χ0) is 14.4. The molecule has 0 bridgehead atoms.